The first-order valence-electron chi connectivity index (χ1n) is 7.39. The van der Waals surface area contributed by atoms with Crippen molar-refractivity contribution in [2.45, 2.75) is 12.0 Å². The van der Waals surface area contributed by atoms with E-state index in [9.17, 15) is 4.79 Å². The molecule has 0 spiro atoms. The van der Waals surface area contributed by atoms with Crippen LogP contribution in [0.2, 0.25) is 0 Å². The van der Waals surface area contributed by atoms with Gasteiger partial charge in [0.2, 0.25) is 0 Å². The maximum absolute atomic E-state index is 12.9. The summed E-state index contributed by atoms with van der Waals surface area (Å²) in [5.41, 5.74) is 6.70. The molecule has 0 saturated carbocycles. The summed E-state index contributed by atoms with van der Waals surface area (Å²) in [6.07, 6.45) is 0.429. The van der Waals surface area contributed by atoms with Crippen LogP contribution in [0, 0.1) is 0 Å². The standard InChI is InChI=1S/C18H19N3O2/c1-21-16(22)18(20-17(21)19,14-8-4-3-5-9-14)12-13-7-6-10-15(11-13)23-2/h3-11H,12H2,1-2H3,(H2,19,20). The molecule has 2 aromatic carbocycles. The third kappa shape index (κ3) is 2.54. The van der Waals surface area contributed by atoms with Crippen LogP contribution in [0.5, 0.6) is 5.75 Å². The lowest BCUT2D eigenvalue weighted by Gasteiger charge is -2.25. The smallest absolute Gasteiger partial charge is 0.262 e. The van der Waals surface area contributed by atoms with Crippen LogP contribution in [-0.4, -0.2) is 30.9 Å². The molecule has 1 atom stereocenters. The van der Waals surface area contributed by atoms with Crippen molar-refractivity contribution in [3.8, 4) is 5.75 Å². The summed E-state index contributed by atoms with van der Waals surface area (Å²) < 4.78 is 5.27. The Bertz CT molecular complexity index is 758. The second-order valence-electron chi connectivity index (χ2n) is 5.59. The van der Waals surface area contributed by atoms with E-state index in [4.69, 9.17) is 10.5 Å². The normalized spacial score (nSPS) is 20.5. The Morgan fingerprint density at radius 2 is 1.91 bits per heavy atom. The van der Waals surface area contributed by atoms with E-state index in [1.54, 1.807) is 14.2 Å². The summed E-state index contributed by atoms with van der Waals surface area (Å²) in [7, 11) is 3.27. The molecule has 2 N–H and O–H groups in total. The molecule has 1 aliphatic heterocycles. The number of aliphatic imine (C=N–C) groups is 1. The van der Waals surface area contributed by atoms with Gasteiger partial charge in [-0.15, -0.1) is 0 Å². The monoisotopic (exact) mass is 309 g/mol. The van der Waals surface area contributed by atoms with Crippen LogP contribution in [0.15, 0.2) is 59.6 Å². The molecule has 1 amide bonds. The third-order valence-corrected chi connectivity index (χ3v) is 4.15. The highest BCUT2D eigenvalue weighted by molar-refractivity contribution is 6.07. The fourth-order valence-electron chi connectivity index (χ4n) is 2.90. The number of ether oxygens (including phenoxy) is 1. The number of carbonyl (C=O) groups is 1. The van der Waals surface area contributed by atoms with E-state index in [2.05, 4.69) is 4.99 Å². The van der Waals surface area contributed by atoms with E-state index in [0.717, 1.165) is 16.9 Å². The zero-order valence-electron chi connectivity index (χ0n) is 13.2. The van der Waals surface area contributed by atoms with Gasteiger partial charge < -0.3 is 10.5 Å². The first-order chi connectivity index (χ1) is 11.1. The quantitative estimate of drug-likeness (QED) is 0.938. The second-order valence-corrected chi connectivity index (χ2v) is 5.59. The lowest BCUT2D eigenvalue weighted by Crippen LogP contribution is -2.41. The van der Waals surface area contributed by atoms with Crippen molar-refractivity contribution >= 4 is 11.9 Å². The zero-order chi connectivity index (χ0) is 16.4. The fourth-order valence-corrected chi connectivity index (χ4v) is 2.90. The van der Waals surface area contributed by atoms with Gasteiger partial charge in [-0.25, -0.2) is 4.99 Å². The van der Waals surface area contributed by atoms with Gasteiger partial charge >= 0.3 is 0 Å². The highest BCUT2D eigenvalue weighted by atomic mass is 16.5. The van der Waals surface area contributed by atoms with Crippen molar-refractivity contribution in [1.82, 2.24) is 4.90 Å². The molecule has 3 rings (SSSR count). The Morgan fingerprint density at radius 3 is 2.52 bits per heavy atom. The Labute approximate surface area is 135 Å². The number of nitrogens with zero attached hydrogens (tertiary/aromatic N) is 2. The van der Waals surface area contributed by atoms with Gasteiger partial charge in [-0.2, -0.15) is 0 Å². The topological polar surface area (TPSA) is 67.9 Å². The minimum atomic E-state index is -1.02. The fraction of sp³-hybridized carbons (Fsp3) is 0.222. The second kappa shape index (κ2) is 5.76. The third-order valence-electron chi connectivity index (χ3n) is 4.15. The van der Waals surface area contributed by atoms with Gasteiger partial charge in [-0.3, -0.25) is 9.69 Å². The van der Waals surface area contributed by atoms with Crippen molar-refractivity contribution in [3.05, 3.63) is 65.7 Å². The maximum Gasteiger partial charge on any atom is 0.262 e. The Kier molecular flexibility index (Phi) is 3.78. The molecule has 23 heavy (non-hydrogen) atoms. The minimum Gasteiger partial charge on any atom is -0.497 e. The lowest BCUT2D eigenvalue weighted by atomic mass is 9.84. The molecule has 0 radical (unpaired) electrons. The number of hydrogen-bond donors (Lipinski definition) is 1. The molecule has 5 heteroatoms. The van der Waals surface area contributed by atoms with Crippen molar-refractivity contribution in [2.24, 2.45) is 10.7 Å². The van der Waals surface area contributed by atoms with Crippen LogP contribution < -0.4 is 10.5 Å². The molecule has 5 nitrogen and oxygen atoms in total. The van der Waals surface area contributed by atoms with Gasteiger partial charge in [0.05, 0.1) is 7.11 Å². The molecule has 0 aliphatic carbocycles. The van der Waals surface area contributed by atoms with Crippen molar-refractivity contribution in [2.75, 3.05) is 14.2 Å². The van der Waals surface area contributed by atoms with E-state index in [1.165, 1.54) is 4.90 Å². The first-order valence-corrected chi connectivity index (χ1v) is 7.39. The van der Waals surface area contributed by atoms with Crippen LogP contribution in [0.4, 0.5) is 0 Å². The molecular formula is C18H19N3O2. The largest absolute Gasteiger partial charge is 0.497 e. The van der Waals surface area contributed by atoms with Crippen molar-refractivity contribution in [1.29, 1.82) is 0 Å². The molecule has 2 aromatic rings. The number of likely N-dealkylation sites (N-methyl/N-ethyl adjacent to an activating group) is 1. The number of methoxy groups -OCH3 is 1. The highest BCUT2D eigenvalue weighted by Gasteiger charge is 2.47. The summed E-state index contributed by atoms with van der Waals surface area (Å²) >= 11 is 0. The number of nitrogens with two attached hydrogens (primary N) is 1. The number of amides is 1. The van der Waals surface area contributed by atoms with E-state index >= 15 is 0 Å². The molecule has 0 bridgehead atoms. The van der Waals surface area contributed by atoms with Crippen LogP contribution >= 0.6 is 0 Å². The number of benzene rings is 2. The maximum atomic E-state index is 12.9. The summed E-state index contributed by atoms with van der Waals surface area (Å²) in [6, 6.07) is 17.2. The first kappa shape index (κ1) is 15.1. The Morgan fingerprint density at radius 1 is 1.17 bits per heavy atom. The average molecular weight is 309 g/mol. The molecule has 0 aromatic heterocycles. The summed E-state index contributed by atoms with van der Waals surface area (Å²) in [6.45, 7) is 0. The van der Waals surface area contributed by atoms with Gasteiger partial charge in [0.25, 0.3) is 5.91 Å². The average Bonchev–Trinajstić information content (AvgIpc) is 2.81. The molecule has 1 aliphatic rings. The zero-order valence-corrected chi connectivity index (χ0v) is 13.2. The predicted molar refractivity (Wildman–Crippen MR) is 89.2 cm³/mol. The number of rotatable bonds is 4. The molecule has 1 heterocycles. The van der Waals surface area contributed by atoms with Gasteiger partial charge in [0.15, 0.2) is 11.5 Å². The van der Waals surface area contributed by atoms with Gasteiger partial charge in [-0.05, 0) is 23.3 Å². The van der Waals surface area contributed by atoms with E-state index in [0.29, 0.717) is 6.42 Å². The van der Waals surface area contributed by atoms with Crippen LogP contribution in [0.3, 0.4) is 0 Å². The van der Waals surface area contributed by atoms with Crippen LogP contribution in [0.1, 0.15) is 11.1 Å². The SMILES string of the molecule is COc1cccc(CC2(c3ccccc3)N=C(N)N(C)C2=O)c1. The minimum absolute atomic E-state index is 0.121. The Balaban J connectivity index is 2.09. The summed E-state index contributed by atoms with van der Waals surface area (Å²) in [5.74, 6) is 0.868. The van der Waals surface area contributed by atoms with Gasteiger partial charge in [0.1, 0.15) is 5.75 Å². The van der Waals surface area contributed by atoms with Gasteiger partial charge in [-0.1, -0.05) is 42.5 Å². The van der Waals surface area contributed by atoms with Crippen molar-refractivity contribution in [3.63, 3.8) is 0 Å². The van der Waals surface area contributed by atoms with Gasteiger partial charge in [0, 0.05) is 13.5 Å². The molecule has 118 valence electrons. The van der Waals surface area contributed by atoms with Crippen LogP contribution in [0.25, 0.3) is 0 Å². The lowest BCUT2D eigenvalue weighted by molar-refractivity contribution is -0.130. The van der Waals surface area contributed by atoms with E-state index in [1.807, 2.05) is 54.6 Å². The number of guanidine groups is 1. The number of carbonyl (C=O) groups excluding carboxylic acids is 1. The molecule has 1 unspecified atom stereocenters. The van der Waals surface area contributed by atoms with E-state index in [-0.39, 0.29) is 11.9 Å². The molecule has 0 fully saturated rings. The predicted octanol–water partition coefficient (Wildman–Crippen LogP) is 1.92. The molecular weight excluding hydrogens is 290 g/mol. The molecule has 0 saturated heterocycles. The highest BCUT2D eigenvalue weighted by Crippen LogP contribution is 2.36. The van der Waals surface area contributed by atoms with Crippen molar-refractivity contribution < 1.29 is 9.53 Å². The number of hydrogen-bond acceptors (Lipinski definition) is 4. The summed E-state index contributed by atoms with van der Waals surface area (Å²) in [4.78, 5) is 18.8. The Hall–Kier alpha value is -2.82. The van der Waals surface area contributed by atoms with E-state index < -0.39 is 5.54 Å². The summed E-state index contributed by atoms with van der Waals surface area (Å²) in [5, 5.41) is 0. The van der Waals surface area contributed by atoms with Crippen LogP contribution in [-0.2, 0) is 16.8 Å².